The Morgan fingerprint density at radius 3 is 1.53 bits per heavy atom. The zero-order valence-electron chi connectivity index (χ0n) is 18.9. The largest absolute Gasteiger partial charge is 0.506 e. The number of thioether (sulfide) groups is 2. The number of nitrogens with zero attached hydrogens (tertiary/aromatic N) is 4. The smallest absolute Gasteiger partial charge is 0.282 e. The predicted octanol–water partition coefficient (Wildman–Crippen LogP) is 3.49. The van der Waals surface area contributed by atoms with Crippen molar-refractivity contribution in [1.29, 1.82) is 0 Å². The van der Waals surface area contributed by atoms with Crippen LogP contribution in [0.15, 0.2) is 12.4 Å². The molecular formula is C24H24N4O4S2. The molecule has 1 fully saturated rings. The highest BCUT2D eigenvalue weighted by atomic mass is 32.2. The third kappa shape index (κ3) is 5.58. The van der Waals surface area contributed by atoms with Gasteiger partial charge in [0.05, 0.1) is 22.5 Å². The number of carbonyl (C=O) groups excluding carboxylic acids is 2. The van der Waals surface area contributed by atoms with Gasteiger partial charge in [-0.1, -0.05) is 35.4 Å². The fourth-order valence-electron chi connectivity index (χ4n) is 3.36. The van der Waals surface area contributed by atoms with Crippen LogP contribution in [0.2, 0.25) is 0 Å². The zero-order chi connectivity index (χ0) is 24.8. The standard InChI is InChI=1S/C24H24N4O4S2/c1-5-17-11-25-15(3)21(29)19(17)13-33-23(31)27-7-9-28(10-8-27)24(32)34-14-20-18(6-2)12-26-16(4)22(20)30/h1-2,11-12,29-30H,7-10,13-14H2,3-4H3. The summed E-state index contributed by atoms with van der Waals surface area (Å²) in [5, 5.41) is 20.2. The second-order valence-electron chi connectivity index (χ2n) is 7.54. The van der Waals surface area contributed by atoms with E-state index in [1.807, 2.05) is 0 Å². The third-order valence-electron chi connectivity index (χ3n) is 5.47. The van der Waals surface area contributed by atoms with Crippen LogP contribution in [0.4, 0.5) is 9.59 Å². The summed E-state index contributed by atoms with van der Waals surface area (Å²) in [5.41, 5.74) is 2.85. The molecule has 10 heteroatoms. The molecule has 0 radical (unpaired) electrons. The molecule has 0 unspecified atom stereocenters. The van der Waals surface area contributed by atoms with Gasteiger partial charge in [-0.05, 0) is 13.8 Å². The van der Waals surface area contributed by atoms with Crippen molar-refractivity contribution in [3.05, 3.63) is 46.0 Å². The molecule has 2 amide bonds. The Labute approximate surface area is 207 Å². The molecular weight excluding hydrogens is 472 g/mol. The second-order valence-corrected chi connectivity index (χ2v) is 9.39. The maximum atomic E-state index is 12.7. The van der Waals surface area contributed by atoms with E-state index in [1.54, 1.807) is 23.6 Å². The van der Waals surface area contributed by atoms with Crippen LogP contribution >= 0.6 is 23.5 Å². The van der Waals surface area contributed by atoms with Crippen molar-refractivity contribution >= 4 is 34.0 Å². The third-order valence-corrected chi connectivity index (χ3v) is 7.35. The van der Waals surface area contributed by atoms with Gasteiger partial charge in [0, 0.05) is 61.2 Å². The molecule has 8 nitrogen and oxygen atoms in total. The van der Waals surface area contributed by atoms with Gasteiger partial charge in [-0.25, -0.2) is 0 Å². The van der Waals surface area contributed by atoms with Crippen molar-refractivity contribution in [3.8, 4) is 36.2 Å². The summed E-state index contributed by atoms with van der Waals surface area (Å²) in [4.78, 5) is 36.8. The average molecular weight is 497 g/mol. The number of aromatic nitrogens is 2. The molecule has 1 aliphatic rings. The lowest BCUT2D eigenvalue weighted by Crippen LogP contribution is -2.48. The Kier molecular flexibility index (Phi) is 8.32. The van der Waals surface area contributed by atoms with Gasteiger partial charge >= 0.3 is 0 Å². The molecule has 34 heavy (non-hydrogen) atoms. The lowest BCUT2D eigenvalue weighted by Gasteiger charge is -2.34. The maximum Gasteiger partial charge on any atom is 0.282 e. The molecule has 0 aromatic carbocycles. The first kappa shape index (κ1) is 25.3. The first-order valence-corrected chi connectivity index (χ1v) is 12.3. The second kappa shape index (κ2) is 11.2. The summed E-state index contributed by atoms with van der Waals surface area (Å²) in [6.45, 7) is 4.94. The number of hydrogen-bond acceptors (Lipinski definition) is 8. The minimum Gasteiger partial charge on any atom is -0.506 e. The minimum absolute atomic E-state index is 0.00612. The summed E-state index contributed by atoms with van der Waals surface area (Å²) < 4.78 is 0. The molecule has 1 saturated heterocycles. The summed E-state index contributed by atoms with van der Waals surface area (Å²) in [6, 6.07) is 0. The van der Waals surface area contributed by atoms with Gasteiger partial charge in [-0.2, -0.15) is 0 Å². The van der Waals surface area contributed by atoms with Crippen molar-refractivity contribution in [2.24, 2.45) is 0 Å². The Hall–Kier alpha value is -3.34. The number of piperazine rings is 1. The van der Waals surface area contributed by atoms with E-state index < -0.39 is 0 Å². The van der Waals surface area contributed by atoms with Crippen LogP contribution in [0.3, 0.4) is 0 Å². The maximum absolute atomic E-state index is 12.7. The molecule has 3 rings (SSSR count). The minimum atomic E-state index is -0.146. The number of aromatic hydroxyl groups is 2. The van der Waals surface area contributed by atoms with E-state index in [2.05, 4.69) is 21.8 Å². The van der Waals surface area contributed by atoms with E-state index in [0.717, 1.165) is 23.5 Å². The van der Waals surface area contributed by atoms with Gasteiger partial charge in [0.2, 0.25) is 0 Å². The van der Waals surface area contributed by atoms with Gasteiger partial charge in [-0.15, -0.1) is 12.8 Å². The molecule has 0 bridgehead atoms. The number of amides is 2. The van der Waals surface area contributed by atoms with Crippen LogP contribution in [0.5, 0.6) is 11.5 Å². The summed E-state index contributed by atoms with van der Waals surface area (Å²) in [5.74, 6) is 5.45. The zero-order valence-corrected chi connectivity index (χ0v) is 20.5. The number of aryl methyl sites for hydroxylation is 2. The molecule has 0 saturated carbocycles. The highest BCUT2D eigenvalue weighted by Crippen LogP contribution is 2.30. The first-order chi connectivity index (χ1) is 16.3. The van der Waals surface area contributed by atoms with Crippen molar-refractivity contribution in [3.63, 3.8) is 0 Å². The van der Waals surface area contributed by atoms with Crippen molar-refractivity contribution in [2.45, 2.75) is 25.4 Å². The fraction of sp³-hybridized carbons (Fsp3) is 0.333. The van der Waals surface area contributed by atoms with E-state index >= 15 is 0 Å². The molecule has 0 spiro atoms. The summed E-state index contributed by atoms with van der Waals surface area (Å²) in [6.07, 6.45) is 14.0. The van der Waals surface area contributed by atoms with Gasteiger partial charge in [0.25, 0.3) is 10.5 Å². The predicted molar refractivity (Wildman–Crippen MR) is 134 cm³/mol. The first-order valence-electron chi connectivity index (χ1n) is 10.4. The van der Waals surface area contributed by atoms with Crippen LogP contribution in [-0.2, 0) is 11.5 Å². The molecule has 2 N–H and O–H groups in total. The van der Waals surface area contributed by atoms with E-state index in [4.69, 9.17) is 12.8 Å². The topological polar surface area (TPSA) is 107 Å². The monoisotopic (exact) mass is 496 g/mol. The molecule has 0 atom stereocenters. The molecule has 2 aromatic rings. The van der Waals surface area contributed by atoms with Crippen LogP contribution in [0, 0.1) is 38.5 Å². The number of carbonyl (C=O) groups is 2. The molecule has 2 aromatic heterocycles. The van der Waals surface area contributed by atoms with E-state index in [0.29, 0.717) is 59.8 Å². The molecule has 3 heterocycles. The van der Waals surface area contributed by atoms with Crippen molar-refractivity contribution < 1.29 is 19.8 Å². The summed E-state index contributed by atoms with van der Waals surface area (Å²) in [7, 11) is 0. The number of pyridine rings is 2. The van der Waals surface area contributed by atoms with E-state index in [1.165, 1.54) is 12.4 Å². The fourth-order valence-corrected chi connectivity index (χ4v) is 5.21. The Morgan fingerprint density at radius 2 is 1.21 bits per heavy atom. The number of rotatable bonds is 4. The van der Waals surface area contributed by atoms with Crippen LogP contribution in [0.25, 0.3) is 0 Å². The highest BCUT2D eigenvalue weighted by molar-refractivity contribution is 8.13. The van der Waals surface area contributed by atoms with Gasteiger partial charge in [0.15, 0.2) is 0 Å². The number of hydrogen-bond donors (Lipinski definition) is 2. The normalized spacial score (nSPS) is 13.3. The molecule has 1 aliphatic heterocycles. The van der Waals surface area contributed by atoms with Crippen LogP contribution in [0.1, 0.15) is 33.6 Å². The lowest BCUT2D eigenvalue weighted by molar-refractivity contribution is 0.168. The quantitative estimate of drug-likeness (QED) is 0.620. The highest BCUT2D eigenvalue weighted by Gasteiger charge is 2.26. The SMILES string of the molecule is C#Cc1cnc(C)c(O)c1CSC(=O)N1CCN(C(=O)SCc2c(C#C)cnc(C)c2O)CC1. The van der Waals surface area contributed by atoms with E-state index in [9.17, 15) is 19.8 Å². The van der Waals surface area contributed by atoms with Gasteiger partial charge in [0.1, 0.15) is 11.5 Å². The lowest BCUT2D eigenvalue weighted by atomic mass is 10.1. The average Bonchev–Trinajstić information content (AvgIpc) is 2.85. The van der Waals surface area contributed by atoms with E-state index in [-0.39, 0.29) is 33.5 Å². The van der Waals surface area contributed by atoms with Gasteiger partial charge in [-0.3, -0.25) is 19.6 Å². The van der Waals surface area contributed by atoms with Gasteiger partial charge < -0.3 is 20.0 Å². The Bertz CT molecular complexity index is 1100. The Balaban J connectivity index is 1.52. The van der Waals surface area contributed by atoms with Crippen molar-refractivity contribution in [2.75, 3.05) is 26.2 Å². The van der Waals surface area contributed by atoms with Crippen LogP contribution < -0.4 is 0 Å². The summed E-state index contributed by atoms with van der Waals surface area (Å²) >= 11 is 2.11. The van der Waals surface area contributed by atoms with Crippen LogP contribution in [-0.4, -0.2) is 66.6 Å². The molecule has 176 valence electrons. The van der Waals surface area contributed by atoms with Crippen molar-refractivity contribution in [1.82, 2.24) is 19.8 Å². The molecule has 0 aliphatic carbocycles. The Morgan fingerprint density at radius 1 is 0.853 bits per heavy atom. The number of terminal acetylenes is 2.